The molecule has 0 radical (unpaired) electrons. The first-order chi connectivity index (χ1) is 9.65. The number of hydrogen-bond acceptors (Lipinski definition) is 3. The lowest BCUT2D eigenvalue weighted by atomic mass is 10.2. The largest absolute Gasteiger partial charge is 0.478 e. The number of benzene rings is 1. The molecule has 2 rings (SSSR count). The summed E-state index contributed by atoms with van der Waals surface area (Å²) in [4.78, 5) is 12.2. The van der Waals surface area contributed by atoms with Crippen molar-refractivity contribution in [3.63, 3.8) is 0 Å². The van der Waals surface area contributed by atoms with Crippen molar-refractivity contribution >= 4 is 23.4 Å². The van der Waals surface area contributed by atoms with Crippen LogP contribution in [0.1, 0.15) is 15.3 Å². The summed E-state index contributed by atoms with van der Waals surface area (Å²) < 4.78 is 18.8. The topological polar surface area (TPSA) is 46.5 Å². The Morgan fingerprint density at radius 3 is 2.80 bits per heavy atom. The molecule has 5 heteroatoms. The lowest BCUT2D eigenvalue weighted by Crippen LogP contribution is -1.95. The SMILES string of the molecule is O=C(O)C=Cc1ccc(COCc2ccccc2F)s1. The molecule has 0 unspecified atom stereocenters. The third-order valence-electron chi connectivity index (χ3n) is 2.53. The predicted octanol–water partition coefficient (Wildman–Crippen LogP) is 3.70. The van der Waals surface area contributed by atoms with Gasteiger partial charge >= 0.3 is 5.97 Å². The zero-order chi connectivity index (χ0) is 14.4. The van der Waals surface area contributed by atoms with Crippen LogP contribution in [-0.2, 0) is 22.7 Å². The van der Waals surface area contributed by atoms with Gasteiger partial charge in [-0.15, -0.1) is 11.3 Å². The van der Waals surface area contributed by atoms with E-state index in [2.05, 4.69) is 0 Å². The molecule has 104 valence electrons. The zero-order valence-corrected chi connectivity index (χ0v) is 11.4. The molecule has 0 aliphatic rings. The lowest BCUT2D eigenvalue weighted by Gasteiger charge is -2.03. The fourth-order valence-electron chi connectivity index (χ4n) is 1.59. The summed E-state index contributed by atoms with van der Waals surface area (Å²) in [5.74, 6) is -1.25. The van der Waals surface area contributed by atoms with Crippen molar-refractivity contribution in [2.75, 3.05) is 0 Å². The Labute approximate surface area is 119 Å². The predicted molar refractivity (Wildman–Crippen MR) is 75.9 cm³/mol. The van der Waals surface area contributed by atoms with Crippen LogP contribution in [0.15, 0.2) is 42.5 Å². The monoisotopic (exact) mass is 292 g/mol. The normalized spacial score (nSPS) is 11.1. The molecule has 1 aromatic carbocycles. The van der Waals surface area contributed by atoms with Gasteiger partial charge in [0, 0.05) is 21.4 Å². The van der Waals surface area contributed by atoms with Gasteiger partial charge in [0.1, 0.15) is 5.82 Å². The molecule has 0 saturated heterocycles. The average Bonchev–Trinajstić information content (AvgIpc) is 2.87. The number of ether oxygens (including phenoxy) is 1. The molecule has 0 saturated carbocycles. The number of thiophene rings is 1. The third kappa shape index (κ3) is 4.29. The van der Waals surface area contributed by atoms with E-state index in [1.165, 1.54) is 23.5 Å². The molecular formula is C15H13FO3S. The van der Waals surface area contributed by atoms with Crippen LogP contribution in [0.4, 0.5) is 4.39 Å². The van der Waals surface area contributed by atoms with E-state index in [1.54, 1.807) is 18.2 Å². The van der Waals surface area contributed by atoms with E-state index < -0.39 is 5.97 Å². The number of aliphatic carboxylic acids is 1. The smallest absolute Gasteiger partial charge is 0.328 e. The van der Waals surface area contributed by atoms with Crippen LogP contribution in [0.3, 0.4) is 0 Å². The van der Waals surface area contributed by atoms with E-state index in [-0.39, 0.29) is 12.4 Å². The van der Waals surface area contributed by atoms with Gasteiger partial charge in [-0.05, 0) is 24.3 Å². The Morgan fingerprint density at radius 1 is 1.25 bits per heavy atom. The number of rotatable bonds is 6. The highest BCUT2D eigenvalue weighted by Gasteiger charge is 2.02. The summed E-state index contributed by atoms with van der Waals surface area (Å²) in [6, 6.07) is 10.2. The maximum atomic E-state index is 13.4. The van der Waals surface area contributed by atoms with Gasteiger partial charge in [0.15, 0.2) is 0 Å². The van der Waals surface area contributed by atoms with Crippen LogP contribution in [0.5, 0.6) is 0 Å². The molecule has 0 spiro atoms. The van der Waals surface area contributed by atoms with E-state index in [0.29, 0.717) is 12.2 Å². The van der Waals surface area contributed by atoms with Crippen molar-refractivity contribution in [3.05, 3.63) is 63.6 Å². The van der Waals surface area contributed by atoms with Crippen molar-refractivity contribution in [1.29, 1.82) is 0 Å². The Kier molecular flexibility index (Phi) is 5.03. The highest BCUT2D eigenvalue weighted by Crippen LogP contribution is 2.19. The van der Waals surface area contributed by atoms with Gasteiger partial charge in [0.2, 0.25) is 0 Å². The molecule has 20 heavy (non-hydrogen) atoms. The summed E-state index contributed by atoms with van der Waals surface area (Å²) in [7, 11) is 0. The molecular weight excluding hydrogens is 279 g/mol. The first-order valence-electron chi connectivity index (χ1n) is 5.96. The molecule has 0 atom stereocenters. The summed E-state index contributed by atoms with van der Waals surface area (Å²) in [5.41, 5.74) is 0.523. The lowest BCUT2D eigenvalue weighted by molar-refractivity contribution is -0.131. The quantitative estimate of drug-likeness (QED) is 0.826. The second-order valence-electron chi connectivity index (χ2n) is 4.06. The first-order valence-corrected chi connectivity index (χ1v) is 6.77. The van der Waals surface area contributed by atoms with Crippen molar-refractivity contribution in [2.24, 2.45) is 0 Å². The minimum atomic E-state index is -0.976. The molecule has 0 aliphatic heterocycles. The third-order valence-corrected chi connectivity index (χ3v) is 3.56. The van der Waals surface area contributed by atoms with Crippen LogP contribution in [0, 0.1) is 5.82 Å². The summed E-state index contributed by atoms with van der Waals surface area (Å²) in [6.07, 6.45) is 2.63. The molecule has 3 nitrogen and oxygen atoms in total. The zero-order valence-electron chi connectivity index (χ0n) is 10.6. The Balaban J connectivity index is 1.86. The second kappa shape index (κ2) is 6.98. The van der Waals surface area contributed by atoms with E-state index in [9.17, 15) is 9.18 Å². The van der Waals surface area contributed by atoms with Crippen molar-refractivity contribution in [2.45, 2.75) is 13.2 Å². The fraction of sp³-hybridized carbons (Fsp3) is 0.133. The van der Waals surface area contributed by atoms with E-state index in [0.717, 1.165) is 15.8 Å². The summed E-state index contributed by atoms with van der Waals surface area (Å²) in [5, 5.41) is 8.53. The van der Waals surface area contributed by atoms with Crippen molar-refractivity contribution in [1.82, 2.24) is 0 Å². The maximum Gasteiger partial charge on any atom is 0.328 e. The van der Waals surface area contributed by atoms with Gasteiger partial charge in [0.05, 0.1) is 13.2 Å². The van der Waals surface area contributed by atoms with Gasteiger partial charge in [-0.25, -0.2) is 9.18 Å². The van der Waals surface area contributed by atoms with Crippen LogP contribution in [0.25, 0.3) is 6.08 Å². The number of carbonyl (C=O) groups is 1. The van der Waals surface area contributed by atoms with E-state index in [1.807, 2.05) is 12.1 Å². The number of carboxylic acid groups (broad SMARTS) is 1. The molecule has 0 aliphatic carbocycles. The highest BCUT2D eigenvalue weighted by atomic mass is 32.1. The van der Waals surface area contributed by atoms with Crippen LogP contribution >= 0.6 is 11.3 Å². The van der Waals surface area contributed by atoms with Gasteiger partial charge < -0.3 is 9.84 Å². The molecule has 2 aromatic rings. The first kappa shape index (κ1) is 14.4. The Hall–Kier alpha value is -1.98. The number of carboxylic acids is 1. The fourth-order valence-corrected chi connectivity index (χ4v) is 2.45. The van der Waals surface area contributed by atoms with Crippen LogP contribution < -0.4 is 0 Å². The second-order valence-corrected chi connectivity index (χ2v) is 5.26. The average molecular weight is 292 g/mol. The Bertz CT molecular complexity index is 619. The van der Waals surface area contributed by atoms with Crippen molar-refractivity contribution < 1.29 is 19.0 Å². The summed E-state index contributed by atoms with van der Waals surface area (Å²) in [6.45, 7) is 0.588. The molecule has 0 fully saturated rings. The van der Waals surface area contributed by atoms with Gasteiger partial charge in [-0.3, -0.25) is 0 Å². The molecule has 1 heterocycles. The molecule has 0 amide bonds. The Morgan fingerprint density at radius 2 is 2.05 bits per heavy atom. The summed E-state index contributed by atoms with van der Waals surface area (Å²) >= 11 is 1.45. The van der Waals surface area contributed by atoms with Gasteiger partial charge in [-0.2, -0.15) is 0 Å². The van der Waals surface area contributed by atoms with Gasteiger partial charge in [-0.1, -0.05) is 18.2 Å². The molecule has 1 N–H and O–H groups in total. The molecule has 0 bridgehead atoms. The maximum absolute atomic E-state index is 13.4. The van der Waals surface area contributed by atoms with Crippen molar-refractivity contribution in [3.8, 4) is 0 Å². The van der Waals surface area contributed by atoms with Gasteiger partial charge in [0.25, 0.3) is 0 Å². The van der Waals surface area contributed by atoms with Crippen LogP contribution in [0.2, 0.25) is 0 Å². The highest BCUT2D eigenvalue weighted by molar-refractivity contribution is 7.12. The number of halogens is 1. The number of hydrogen-bond donors (Lipinski definition) is 1. The van der Waals surface area contributed by atoms with E-state index >= 15 is 0 Å². The molecule has 1 aromatic heterocycles. The minimum Gasteiger partial charge on any atom is -0.478 e. The van der Waals surface area contributed by atoms with Crippen LogP contribution in [-0.4, -0.2) is 11.1 Å². The van der Waals surface area contributed by atoms with E-state index in [4.69, 9.17) is 9.84 Å². The standard InChI is InChI=1S/C15H13FO3S/c16-14-4-2-1-3-11(14)9-19-10-13-6-5-12(20-13)7-8-15(17)18/h1-8H,9-10H2,(H,17,18). The minimum absolute atomic E-state index is 0.213.